The van der Waals surface area contributed by atoms with E-state index in [9.17, 15) is 8.78 Å². The molecule has 0 spiro atoms. The van der Waals surface area contributed by atoms with Gasteiger partial charge in [-0.25, -0.2) is 4.68 Å². The van der Waals surface area contributed by atoms with Crippen LogP contribution in [0.15, 0.2) is 30.5 Å². The lowest BCUT2D eigenvalue weighted by Crippen LogP contribution is -2.43. The topological polar surface area (TPSA) is 52.0 Å². The van der Waals surface area contributed by atoms with Gasteiger partial charge in [-0.3, -0.25) is 0 Å². The smallest absolute Gasteiger partial charge is 0.387 e. The van der Waals surface area contributed by atoms with Gasteiger partial charge in [-0.15, -0.1) is 5.10 Å². The molecule has 0 aliphatic carbocycles. The molecule has 1 aromatic heterocycles. The van der Waals surface area contributed by atoms with Gasteiger partial charge in [-0.1, -0.05) is 5.21 Å². The van der Waals surface area contributed by atoms with E-state index in [0.29, 0.717) is 6.04 Å². The molecule has 1 N–H and O–H groups in total. The van der Waals surface area contributed by atoms with Gasteiger partial charge in [0.2, 0.25) is 0 Å². The zero-order valence-electron chi connectivity index (χ0n) is 9.96. The van der Waals surface area contributed by atoms with Crippen molar-refractivity contribution >= 4 is 0 Å². The highest BCUT2D eigenvalue weighted by Crippen LogP contribution is 2.22. The molecule has 0 radical (unpaired) electrons. The maximum atomic E-state index is 12.0. The molecule has 1 aliphatic heterocycles. The molecular weight excluding hydrogens is 254 g/mol. The number of rotatable bonds is 4. The van der Waals surface area contributed by atoms with Crippen molar-refractivity contribution in [3.05, 3.63) is 30.5 Å². The number of ether oxygens (including phenoxy) is 1. The third-order valence-electron chi connectivity index (χ3n) is 3.02. The van der Waals surface area contributed by atoms with Gasteiger partial charge in [0.1, 0.15) is 11.4 Å². The van der Waals surface area contributed by atoms with Crippen LogP contribution in [-0.2, 0) is 0 Å². The molecule has 0 amide bonds. The molecule has 1 aliphatic rings. The van der Waals surface area contributed by atoms with Crippen molar-refractivity contribution in [2.75, 3.05) is 13.1 Å². The summed E-state index contributed by atoms with van der Waals surface area (Å²) in [6, 6.07) is 6.70. The molecule has 1 saturated heterocycles. The molecule has 100 valence electrons. The van der Waals surface area contributed by atoms with Crippen LogP contribution in [0.3, 0.4) is 0 Å². The van der Waals surface area contributed by atoms with Crippen LogP contribution in [0.4, 0.5) is 8.78 Å². The van der Waals surface area contributed by atoms with Crippen molar-refractivity contribution in [3.63, 3.8) is 0 Å². The van der Waals surface area contributed by atoms with Crippen molar-refractivity contribution in [2.45, 2.75) is 12.7 Å². The number of nitrogens with one attached hydrogen (secondary N) is 1. The van der Waals surface area contributed by atoms with E-state index < -0.39 is 6.61 Å². The number of halogens is 2. The molecule has 0 saturated carbocycles. The predicted molar refractivity (Wildman–Crippen MR) is 64.0 cm³/mol. The number of hydrogen-bond acceptors (Lipinski definition) is 4. The summed E-state index contributed by atoms with van der Waals surface area (Å²) in [5.41, 5.74) is 1.54. The largest absolute Gasteiger partial charge is 0.435 e. The number of benzene rings is 1. The van der Waals surface area contributed by atoms with E-state index in [-0.39, 0.29) is 5.75 Å². The zero-order chi connectivity index (χ0) is 13.2. The van der Waals surface area contributed by atoms with Crippen LogP contribution >= 0.6 is 0 Å². The van der Waals surface area contributed by atoms with Crippen LogP contribution in [0.5, 0.6) is 5.75 Å². The van der Waals surface area contributed by atoms with Crippen molar-refractivity contribution in [1.82, 2.24) is 20.3 Å². The maximum Gasteiger partial charge on any atom is 0.387 e. The van der Waals surface area contributed by atoms with Crippen molar-refractivity contribution in [3.8, 4) is 17.0 Å². The Labute approximate surface area is 108 Å². The molecular formula is C12H12F2N4O. The lowest BCUT2D eigenvalue weighted by Gasteiger charge is -2.26. The Kier molecular flexibility index (Phi) is 3.12. The first-order chi connectivity index (χ1) is 9.22. The Morgan fingerprint density at radius 2 is 2.00 bits per heavy atom. The second kappa shape index (κ2) is 4.93. The standard InChI is InChI=1S/C12H12F2N4O/c13-12(14)19-10-3-1-8(2-4-10)11-7-18(17-16-11)9-5-15-6-9/h1-4,7,9,12,15H,5-6H2. The Bertz CT molecular complexity index is 551. The van der Waals surface area contributed by atoms with Crippen molar-refractivity contribution in [2.24, 2.45) is 0 Å². The van der Waals surface area contributed by atoms with E-state index in [1.807, 2.05) is 10.9 Å². The van der Waals surface area contributed by atoms with Crippen LogP contribution in [0.1, 0.15) is 6.04 Å². The fourth-order valence-corrected chi connectivity index (χ4v) is 1.86. The van der Waals surface area contributed by atoms with E-state index in [1.54, 1.807) is 12.1 Å². The minimum absolute atomic E-state index is 0.134. The fraction of sp³-hybridized carbons (Fsp3) is 0.333. The molecule has 2 aromatic rings. The monoisotopic (exact) mass is 266 g/mol. The molecule has 19 heavy (non-hydrogen) atoms. The number of aromatic nitrogens is 3. The first-order valence-electron chi connectivity index (χ1n) is 5.90. The summed E-state index contributed by atoms with van der Waals surface area (Å²) in [5.74, 6) is 0.134. The van der Waals surface area contributed by atoms with Gasteiger partial charge < -0.3 is 10.1 Å². The van der Waals surface area contributed by atoms with E-state index in [4.69, 9.17) is 0 Å². The van der Waals surface area contributed by atoms with E-state index >= 15 is 0 Å². The van der Waals surface area contributed by atoms with E-state index in [2.05, 4.69) is 20.4 Å². The average Bonchev–Trinajstić information content (AvgIpc) is 2.76. The number of alkyl halides is 2. The summed E-state index contributed by atoms with van der Waals surface area (Å²) in [4.78, 5) is 0. The molecule has 7 heteroatoms. The third-order valence-corrected chi connectivity index (χ3v) is 3.02. The van der Waals surface area contributed by atoms with Gasteiger partial charge in [-0.05, 0) is 24.3 Å². The maximum absolute atomic E-state index is 12.0. The van der Waals surface area contributed by atoms with Gasteiger partial charge in [0.05, 0.1) is 12.2 Å². The number of hydrogen-bond donors (Lipinski definition) is 1. The van der Waals surface area contributed by atoms with Crippen LogP contribution in [0, 0.1) is 0 Å². The predicted octanol–water partition coefficient (Wildman–Crippen LogP) is 1.69. The lowest BCUT2D eigenvalue weighted by molar-refractivity contribution is -0.0498. The summed E-state index contributed by atoms with van der Waals surface area (Å²) in [7, 11) is 0. The van der Waals surface area contributed by atoms with Gasteiger partial charge in [-0.2, -0.15) is 8.78 Å². The summed E-state index contributed by atoms with van der Waals surface area (Å²) in [6.07, 6.45) is 1.86. The summed E-state index contributed by atoms with van der Waals surface area (Å²) in [5, 5.41) is 11.3. The van der Waals surface area contributed by atoms with Crippen LogP contribution < -0.4 is 10.1 Å². The van der Waals surface area contributed by atoms with E-state index in [0.717, 1.165) is 24.3 Å². The second-order valence-corrected chi connectivity index (χ2v) is 4.30. The molecule has 0 unspecified atom stereocenters. The first-order valence-corrected chi connectivity index (χ1v) is 5.90. The first kappa shape index (κ1) is 12.0. The van der Waals surface area contributed by atoms with Gasteiger partial charge in [0, 0.05) is 18.7 Å². The highest BCUT2D eigenvalue weighted by molar-refractivity contribution is 5.58. The van der Waals surface area contributed by atoms with Gasteiger partial charge in [0.25, 0.3) is 0 Å². The SMILES string of the molecule is FC(F)Oc1ccc(-c2cn(C3CNC3)nn2)cc1. The summed E-state index contributed by atoms with van der Waals surface area (Å²) >= 11 is 0. The molecule has 3 rings (SSSR count). The third kappa shape index (κ3) is 2.55. The summed E-state index contributed by atoms with van der Waals surface area (Å²) in [6.45, 7) is -1.02. The van der Waals surface area contributed by atoms with Gasteiger partial charge in [0.15, 0.2) is 0 Å². The normalized spacial score (nSPS) is 15.5. The minimum atomic E-state index is -2.81. The van der Waals surface area contributed by atoms with Crippen molar-refractivity contribution < 1.29 is 13.5 Å². The Morgan fingerprint density at radius 3 is 2.58 bits per heavy atom. The minimum Gasteiger partial charge on any atom is -0.435 e. The Morgan fingerprint density at radius 1 is 1.26 bits per heavy atom. The molecule has 0 atom stereocenters. The lowest BCUT2D eigenvalue weighted by atomic mass is 10.1. The average molecular weight is 266 g/mol. The quantitative estimate of drug-likeness (QED) is 0.915. The molecule has 1 fully saturated rings. The molecule has 5 nitrogen and oxygen atoms in total. The van der Waals surface area contributed by atoms with Crippen LogP contribution in [0.25, 0.3) is 11.3 Å². The Balaban J connectivity index is 1.75. The van der Waals surface area contributed by atoms with Crippen LogP contribution in [0.2, 0.25) is 0 Å². The highest BCUT2D eigenvalue weighted by atomic mass is 19.3. The number of nitrogens with zero attached hydrogens (tertiary/aromatic N) is 3. The molecule has 1 aromatic carbocycles. The Hall–Kier alpha value is -2.02. The van der Waals surface area contributed by atoms with E-state index in [1.165, 1.54) is 12.1 Å². The van der Waals surface area contributed by atoms with Crippen molar-refractivity contribution in [1.29, 1.82) is 0 Å². The molecule has 2 heterocycles. The zero-order valence-corrected chi connectivity index (χ0v) is 9.96. The van der Waals surface area contributed by atoms with Gasteiger partial charge >= 0.3 is 6.61 Å². The fourth-order valence-electron chi connectivity index (χ4n) is 1.86. The second-order valence-electron chi connectivity index (χ2n) is 4.30. The highest BCUT2D eigenvalue weighted by Gasteiger charge is 2.20. The summed E-state index contributed by atoms with van der Waals surface area (Å²) < 4.78 is 30.2. The van der Waals surface area contributed by atoms with Crippen LogP contribution in [-0.4, -0.2) is 34.7 Å². The molecule has 0 bridgehead atoms.